The van der Waals surface area contributed by atoms with Crippen molar-refractivity contribution in [1.82, 2.24) is 25.3 Å². The first-order valence-corrected chi connectivity index (χ1v) is 11.9. The van der Waals surface area contributed by atoms with E-state index in [9.17, 15) is 14.4 Å². The fraction of sp³-hybridized carbons (Fsp3) is 0.739. The van der Waals surface area contributed by atoms with E-state index in [1.165, 1.54) is 0 Å². The van der Waals surface area contributed by atoms with Crippen LogP contribution in [-0.4, -0.2) is 71.3 Å². The summed E-state index contributed by atoms with van der Waals surface area (Å²) in [6.45, 7) is 7.43. The summed E-state index contributed by atoms with van der Waals surface area (Å²) in [5.74, 6) is -0.298. The van der Waals surface area contributed by atoms with Crippen molar-refractivity contribution in [1.29, 1.82) is 0 Å². The molecule has 0 aromatic carbocycles. The molecule has 178 valence electrons. The molecule has 1 aromatic heterocycles. The highest BCUT2D eigenvalue weighted by Gasteiger charge is 2.42. The van der Waals surface area contributed by atoms with Crippen LogP contribution in [-0.2, 0) is 20.9 Å². The van der Waals surface area contributed by atoms with Gasteiger partial charge in [0.05, 0.1) is 17.2 Å². The SMILES string of the molecule is CCCn1cc(C(=O)N2CCC3(CCCCOCCCNC(=O)[C@H](C)NC3=O)CC2)cn1. The minimum Gasteiger partial charge on any atom is -0.381 e. The van der Waals surface area contributed by atoms with Crippen molar-refractivity contribution in [2.45, 2.75) is 71.4 Å². The molecular formula is C23H37N5O4. The number of piperidine rings is 1. The third-order valence-corrected chi connectivity index (χ3v) is 6.52. The number of hydrogen-bond donors (Lipinski definition) is 2. The molecule has 2 fully saturated rings. The fourth-order valence-electron chi connectivity index (χ4n) is 4.46. The van der Waals surface area contributed by atoms with Gasteiger partial charge in [-0.05, 0) is 45.4 Å². The minimum atomic E-state index is -0.590. The molecule has 9 nitrogen and oxygen atoms in total. The molecule has 0 saturated carbocycles. The summed E-state index contributed by atoms with van der Waals surface area (Å²) < 4.78 is 7.44. The first kappa shape index (κ1) is 24.2. The summed E-state index contributed by atoms with van der Waals surface area (Å²) in [6.07, 6.45) is 8.82. The van der Waals surface area contributed by atoms with Gasteiger partial charge in [0.15, 0.2) is 0 Å². The van der Waals surface area contributed by atoms with Crippen molar-refractivity contribution in [2.75, 3.05) is 32.8 Å². The molecule has 0 bridgehead atoms. The van der Waals surface area contributed by atoms with Gasteiger partial charge in [-0.2, -0.15) is 5.10 Å². The monoisotopic (exact) mass is 447 g/mol. The topological polar surface area (TPSA) is 106 Å². The number of likely N-dealkylation sites (tertiary alicyclic amines) is 1. The van der Waals surface area contributed by atoms with Gasteiger partial charge in [0.1, 0.15) is 6.04 Å². The van der Waals surface area contributed by atoms with E-state index in [0.29, 0.717) is 51.3 Å². The number of hydrogen-bond acceptors (Lipinski definition) is 5. The molecule has 2 saturated heterocycles. The molecule has 32 heavy (non-hydrogen) atoms. The number of carbonyl (C=O) groups excluding carboxylic acids is 3. The molecule has 9 heteroatoms. The van der Waals surface area contributed by atoms with Gasteiger partial charge >= 0.3 is 0 Å². The second-order valence-corrected chi connectivity index (χ2v) is 8.97. The van der Waals surface area contributed by atoms with Crippen LogP contribution in [0.2, 0.25) is 0 Å². The van der Waals surface area contributed by atoms with Crippen LogP contribution in [0, 0.1) is 5.41 Å². The average Bonchev–Trinajstić information content (AvgIpc) is 3.26. The van der Waals surface area contributed by atoms with E-state index >= 15 is 0 Å². The lowest BCUT2D eigenvalue weighted by atomic mass is 9.73. The van der Waals surface area contributed by atoms with Crippen molar-refractivity contribution in [3.63, 3.8) is 0 Å². The van der Waals surface area contributed by atoms with Crippen molar-refractivity contribution >= 4 is 17.7 Å². The summed E-state index contributed by atoms with van der Waals surface area (Å²) >= 11 is 0. The fourth-order valence-corrected chi connectivity index (χ4v) is 4.46. The Labute approximate surface area is 190 Å². The predicted molar refractivity (Wildman–Crippen MR) is 120 cm³/mol. The van der Waals surface area contributed by atoms with E-state index in [0.717, 1.165) is 38.6 Å². The number of nitrogens with zero attached hydrogens (tertiary/aromatic N) is 3. The van der Waals surface area contributed by atoms with E-state index in [4.69, 9.17) is 4.74 Å². The zero-order valence-electron chi connectivity index (χ0n) is 19.4. The van der Waals surface area contributed by atoms with E-state index in [1.807, 2.05) is 4.90 Å². The largest absolute Gasteiger partial charge is 0.381 e. The number of nitrogens with one attached hydrogen (secondary N) is 2. The summed E-state index contributed by atoms with van der Waals surface area (Å²) in [6, 6.07) is -0.590. The molecule has 3 heterocycles. The van der Waals surface area contributed by atoms with Crippen LogP contribution in [0.4, 0.5) is 0 Å². The van der Waals surface area contributed by atoms with E-state index < -0.39 is 11.5 Å². The molecule has 1 aromatic rings. The molecule has 2 aliphatic rings. The quantitative estimate of drug-likeness (QED) is 0.734. The molecule has 1 atom stereocenters. The Hall–Kier alpha value is -2.42. The number of ether oxygens (including phenoxy) is 1. The zero-order valence-corrected chi connectivity index (χ0v) is 19.4. The van der Waals surface area contributed by atoms with Gasteiger partial charge < -0.3 is 20.3 Å². The Bertz CT molecular complexity index is 785. The summed E-state index contributed by atoms with van der Waals surface area (Å²) in [7, 11) is 0. The van der Waals surface area contributed by atoms with Gasteiger partial charge in [-0.1, -0.05) is 13.3 Å². The Morgan fingerprint density at radius 1 is 1.19 bits per heavy atom. The number of rotatable bonds is 3. The molecular weight excluding hydrogens is 410 g/mol. The van der Waals surface area contributed by atoms with Gasteiger partial charge in [0, 0.05) is 45.6 Å². The standard InChI is InChI=1S/C23H37N5O4/c1-3-11-28-17-19(16-25-28)21(30)27-12-8-23(9-13-27)7-4-5-14-32-15-6-10-24-20(29)18(2)26-22(23)31/h16-18H,3-15H2,1-2H3,(H,24,29)(H,26,31)/t18-/m0/s1. The highest BCUT2D eigenvalue weighted by molar-refractivity contribution is 5.94. The van der Waals surface area contributed by atoms with Gasteiger partial charge in [0.2, 0.25) is 11.8 Å². The summed E-state index contributed by atoms with van der Waals surface area (Å²) in [4.78, 5) is 40.4. The highest BCUT2D eigenvalue weighted by Crippen LogP contribution is 2.37. The lowest BCUT2D eigenvalue weighted by molar-refractivity contribution is -0.137. The van der Waals surface area contributed by atoms with Crippen LogP contribution in [0.3, 0.4) is 0 Å². The number of aryl methyl sites for hydroxylation is 1. The maximum atomic E-state index is 13.3. The number of aromatic nitrogens is 2. The second kappa shape index (κ2) is 11.4. The molecule has 1 spiro atoms. The van der Waals surface area contributed by atoms with Crippen LogP contribution >= 0.6 is 0 Å². The number of amides is 3. The van der Waals surface area contributed by atoms with E-state index in [1.54, 1.807) is 24.0 Å². The van der Waals surface area contributed by atoms with Crippen molar-refractivity contribution < 1.29 is 19.1 Å². The maximum Gasteiger partial charge on any atom is 0.257 e. The van der Waals surface area contributed by atoms with Crippen LogP contribution in [0.15, 0.2) is 12.4 Å². The molecule has 0 unspecified atom stereocenters. The van der Waals surface area contributed by atoms with E-state index in [-0.39, 0.29) is 17.7 Å². The average molecular weight is 448 g/mol. The molecule has 0 radical (unpaired) electrons. The minimum absolute atomic E-state index is 0.0374. The normalized spacial score (nSPS) is 23.3. The number of carbonyl (C=O) groups is 3. The van der Waals surface area contributed by atoms with Gasteiger partial charge in [-0.3, -0.25) is 19.1 Å². The Balaban J connectivity index is 1.66. The van der Waals surface area contributed by atoms with Crippen LogP contribution in [0.1, 0.15) is 69.2 Å². The Morgan fingerprint density at radius 2 is 1.94 bits per heavy atom. The molecule has 3 rings (SSSR count). The third kappa shape index (κ3) is 6.09. The second-order valence-electron chi connectivity index (χ2n) is 8.97. The summed E-state index contributed by atoms with van der Waals surface area (Å²) in [5.41, 5.74) is 0.0225. The zero-order chi connectivity index (χ0) is 23.0. The van der Waals surface area contributed by atoms with Crippen LogP contribution < -0.4 is 10.6 Å². The van der Waals surface area contributed by atoms with E-state index in [2.05, 4.69) is 22.7 Å². The predicted octanol–water partition coefficient (Wildman–Crippen LogP) is 1.73. The first-order valence-electron chi connectivity index (χ1n) is 11.9. The Morgan fingerprint density at radius 3 is 2.69 bits per heavy atom. The highest BCUT2D eigenvalue weighted by atomic mass is 16.5. The smallest absolute Gasteiger partial charge is 0.257 e. The molecule has 0 aliphatic carbocycles. The van der Waals surface area contributed by atoms with Crippen molar-refractivity contribution in [3.8, 4) is 0 Å². The van der Waals surface area contributed by atoms with Gasteiger partial charge in [0.25, 0.3) is 5.91 Å². The molecule has 3 amide bonds. The lowest BCUT2D eigenvalue weighted by Gasteiger charge is -2.41. The van der Waals surface area contributed by atoms with Crippen molar-refractivity contribution in [2.24, 2.45) is 5.41 Å². The first-order chi connectivity index (χ1) is 15.4. The van der Waals surface area contributed by atoms with Crippen LogP contribution in [0.5, 0.6) is 0 Å². The lowest BCUT2D eigenvalue weighted by Crippen LogP contribution is -2.54. The third-order valence-electron chi connectivity index (χ3n) is 6.52. The molecule has 2 N–H and O–H groups in total. The van der Waals surface area contributed by atoms with Gasteiger partial charge in [-0.25, -0.2) is 0 Å². The van der Waals surface area contributed by atoms with Crippen molar-refractivity contribution in [3.05, 3.63) is 18.0 Å². The summed E-state index contributed by atoms with van der Waals surface area (Å²) in [5, 5.41) is 10.1. The maximum absolute atomic E-state index is 13.3. The molecule has 2 aliphatic heterocycles. The Kier molecular flexibility index (Phi) is 8.67. The van der Waals surface area contributed by atoms with Crippen LogP contribution in [0.25, 0.3) is 0 Å². The van der Waals surface area contributed by atoms with Gasteiger partial charge in [-0.15, -0.1) is 0 Å².